The van der Waals surface area contributed by atoms with Crippen molar-refractivity contribution in [3.63, 3.8) is 0 Å². The molecule has 0 spiro atoms. The van der Waals surface area contributed by atoms with E-state index in [0.717, 1.165) is 33.5 Å². The summed E-state index contributed by atoms with van der Waals surface area (Å²) < 4.78 is 5.31. The third kappa shape index (κ3) is 4.68. The van der Waals surface area contributed by atoms with Crippen LogP contribution in [0.1, 0.15) is 9.67 Å². The number of nitrogen functional groups attached to an aromatic ring is 1. The van der Waals surface area contributed by atoms with Crippen LogP contribution in [0.15, 0.2) is 78.9 Å². The molecular weight excluding hydrogens is 501 g/mol. The molecule has 0 unspecified atom stereocenters. The van der Waals surface area contributed by atoms with Crippen LogP contribution in [0.2, 0.25) is 10.0 Å². The maximum atomic E-state index is 13.2. The number of halogens is 2. The molecule has 174 valence electrons. The molecule has 8 heteroatoms. The van der Waals surface area contributed by atoms with E-state index in [1.165, 1.54) is 11.3 Å². The van der Waals surface area contributed by atoms with Gasteiger partial charge in [-0.15, -0.1) is 11.3 Å². The molecular formula is C27H19Cl2N3O2S. The van der Waals surface area contributed by atoms with Crippen molar-refractivity contribution in [3.05, 3.63) is 93.8 Å². The van der Waals surface area contributed by atoms with Gasteiger partial charge in [0, 0.05) is 26.7 Å². The Hall–Kier alpha value is -3.58. The van der Waals surface area contributed by atoms with Gasteiger partial charge < -0.3 is 15.8 Å². The Labute approximate surface area is 216 Å². The number of anilines is 2. The fraction of sp³-hybridized carbons (Fsp3) is 0.0370. The van der Waals surface area contributed by atoms with Crippen molar-refractivity contribution >= 4 is 62.0 Å². The van der Waals surface area contributed by atoms with Gasteiger partial charge in [0.05, 0.1) is 18.5 Å². The zero-order valence-corrected chi connectivity index (χ0v) is 20.8. The number of rotatable bonds is 5. The van der Waals surface area contributed by atoms with Crippen molar-refractivity contribution in [2.75, 3.05) is 18.2 Å². The lowest BCUT2D eigenvalue weighted by Crippen LogP contribution is -2.12. The number of hydrogen-bond acceptors (Lipinski definition) is 5. The molecule has 5 rings (SSSR count). The van der Waals surface area contributed by atoms with Crippen molar-refractivity contribution in [1.82, 2.24) is 4.98 Å². The first-order valence-electron chi connectivity index (χ1n) is 10.6. The maximum absolute atomic E-state index is 13.2. The lowest BCUT2D eigenvalue weighted by atomic mass is 9.99. The summed E-state index contributed by atoms with van der Waals surface area (Å²) in [6.07, 6.45) is 0. The number of nitrogens with one attached hydrogen (secondary N) is 1. The molecule has 0 saturated carbocycles. The van der Waals surface area contributed by atoms with Crippen molar-refractivity contribution in [3.8, 4) is 28.1 Å². The first kappa shape index (κ1) is 23.2. The summed E-state index contributed by atoms with van der Waals surface area (Å²) in [5.41, 5.74) is 11.0. The van der Waals surface area contributed by atoms with Gasteiger partial charge >= 0.3 is 0 Å². The van der Waals surface area contributed by atoms with E-state index >= 15 is 0 Å². The van der Waals surface area contributed by atoms with Crippen LogP contribution in [0.4, 0.5) is 11.4 Å². The Kier molecular flexibility index (Phi) is 6.34. The van der Waals surface area contributed by atoms with E-state index in [1.54, 1.807) is 25.3 Å². The molecule has 0 aliphatic heterocycles. The summed E-state index contributed by atoms with van der Waals surface area (Å²) in [7, 11) is 1.63. The Bertz CT molecular complexity index is 1530. The van der Waals surface area contributed by atoms with Crippen molar-refractivity contribution in [2.45, 2.75) is 0 Å². The number of hydrogen-bond donors (Lipinski definition) is 2. The van der Waals surface area contributed by atoms with Gasteiger partial charge in [-0.05, 0) is 47.5 Å². The lowest BCUT2D eigenvalue weighted by molar-refractivity contribution is 0.103. The Morgan fingerprint density at radius 1 is 0.943 bits per heavy atom. The van der Waals surface area contributed by atoms with E-state index in [9.17, 15) is 4.79 Å². The van der Waals surface area contributed by atoms with Crippen LogP contribution in [-0.2, 0) is 0 Å². The Morgan fingerprint density at radius 2 is 1.63 bits per heavy atom. The van der Waals surface area contributed by atoms with Gasteiger partial charge in [0.1, 0.15) is 15.5 Å². The van der Waals surface area contributed by atoms with E-state index in [-0.39, 0.29) is 5.91 Å². The second-order valence-corrected chi connectivity index (χ2v) is 9.66. The highest BCUT2D eigenvalue weighted by atomic mass is 35.5. The number of nitrogens with zero attached hydrogens (tertiary/aromatic N) is 1. The summed E-state index contributed by atoms with van der Waals surface area (Å²) >= 11 is 13.4. The maximum Gasteiger partial charge on any atom is 0.267 e. The van der Waals surface area contributed by atoms with E-state index in [4.69, 9.17) is 38.7 Å². The highest BCUT2D eigenvalue weighted by Crippen LogP contribution is 2.42. The highest BCUT2D eigenvalue weighted by molar-refractivity contribution is 7.21. The van der Waals surface area contributed by atoms with E-state index in [0.29, 0.717) is 31.1 Å². The zero-order chi connectivity index (χ0) is 24.5. The first-order chi connectivity index (χ1) is 16.9. The monoisotopic (exact) mass is 519 g/mol. The normalized spacial score (nSPS) is 10.9. The number of methoxy groups -OCH3 is 1. The number of pyridine rings is 1. The predicted octanol–water partition coefficient (Wildman–Crippen LogP) is 7.78. The number of aromatic nitrogens is 1. The van der Waals surface area contributed by atoms with E-state index < -0.39 is 0 Å². The molecule has 0 atom stereocenters. The number of carbonyl (C=O) groups excluding carboxylic acids is 1. The predicted molar refractivity (Wildman–Crippen MR) is 146 cm³/mol. The average Bonchev–Trinajstić information content (AvgIpc) is 3.20. The molecule has 0 radical (unpaired) electrons. The second-order valence-electron chi connectivity index (χ2n) is 7.79. The van der Waals surface area contributed by atoms with Gasteiger partial charge in [0.15, 0.2) is 0 Å². The number of nitrogens with two attached hydrogens (primary N) is 1. The van der Waals surface area contributed by atoms with Gasteiger partial charge in [-0.1, -0.05) is 65.7 Å². The molecule has 0 saturated heterocycles. The Morgan fingerprint density at radius 3 is 2.29 bits per heavy atom. The van der Waals surface area contributed by atoms with Crippen LogP contribution in [-0.4, -0.2) is 18.0 Å². The largest absolute Gasteiger partial charge is 0.497 e. The molecule has 0 aliphatic carbocycles. The molecule has 2 heterocycles. The minimum Gasteiger partial charge on any atom is -0.497 e. The van der Waals surface area contributed by atoms with Gasteiger partial charge in [-0.3, -0.25) is 4.79 Å². The number of thiophene rings is 1. The Balaban J connectivity index is 1.66. The highest BCUT2D eigenvalue weighted by Gasteiger charge is 2.22. The fourth-order valence-corrected chi connectivity index (χ4v) is 5.40. The molecule has 0 fully saturated rings. The minimum absolute atomic E-state index is 0.356. The van der Waals surface area contributed by atoms with Crippen LogP contribution >= 0.6 is 34.5 Å². The number of fused-ring (bicyclic) bond motifs is 1. The number of amides is 1. The smallest absolute Gasteiger partial charge is 0.267 e. The van der Waals surface area contributed by atoms with Crippen molar-refractivity contribution in [1.29, 1.82) is 0 Å². The molecule has 0 bridgehead atoms. The van der Waals surface area contributed by atoms with Crippen molar-refractivity contribution in [2.24, 2.45) is 0 Å². The van der Waals surface area contributed by atoms with Crippen LogP contribution in [0.3, 0.4) is 0 Å². The third-order valence-corrected chi connectivity index (χ3v) is 7.03. The quantitative estimate of drug-likeness (QED) is 0.248. The van der Waals surface area contributed by atoms with Gasteiger partial charge in [0.2, 0.25) is 0 Å². The molecule has 35 heavy (non-hydrogen) atoms. The lowest BCUT2D eigenvalue weighted by Gasteiger charge is -2.10. The first-order valence-corrected chi connectivity index (χ1v) is 12.2. The second kappa shape index (κ2) is 9.58. The van der Waals surface area contributed by atoms with E-state index in [2.05, 4.69) is 5.32 Å². The van der Waals surface area contributed by atoms with Gasteiger partial charge in [-0.25, -0.2) is 4.98 Å². The van der Waals surface area contributed by atoms with E-state index in [1.807, 2.05) is 60.7 Å². The van der Waals surface area contributed by atoms with Gasteiger partial charge in [-0.2, -0.15) is 0 Å². The van der Waals surface area contributed by atoms with Crippen LogP contribution in [0.5, 0.6) is 5.75 Å². The average molecular weight is 520 g/mol. The molecule has 5 aromatic rings. The van der Waals surface area contributed by atoms with Crippen LogP contribution in [0.25, 0.3) is 32.6 Å². The topological polar surface area (TPSA) is 77.2 Å². The molecule has 2 aromatic heterocycles. The standard InChI is InChI=1S/C27H19Cl2N3O2S/c1-34-20-9-7-15(8-10-20)21-14-22(16-5-3-2-4-6-16)32-27-23(21)24(30)25(35-27)26(33)31-19-12-17(28)11-18(29)13-19/h2-14H,30H2,1H3,(H,31,33). The summed E-state index contributed by atoms with van der Waals surface area (Å²) in [5, 5.41) is 4.42. The van der Waals surface area contributed by atoms with Crippen molar-refractivity contribution < 1.29 is 9.53 Å². The summed E-state index contributed by atoms with van der Waals surface area (Å²) in [6.45, 7) is 0. The van der Waals surface area contributed by atoms with Gasteiger partial charge in [0.25, 0.3) is 5.91 Å². The minimum atomic E-state index is -0.356. The van der Waals surface area contributed by atoms with Crippen LogP contribution < -0.4 is 15.8 Å². The molecule has 1 amide bonds. The molecule has 3 N–H and O–H groups in total. The molecule has 3 aromatic carbocycles. The number of carbonyl (C=O) groups is 1. The SMILES string of the molecule is COc1ccc(-c2cc(-c3ccccc3)nc3sc(C(=O)Nc4cc(Cl)cc(Cl)c4)c(N)c23)cc1. The fourth-order valence-electron chi connectivity index (χ4n) is 3.86. The zero-order valence-electron chi connectivity index (χ0n) is 18.5. The molecule has 0 aliphatic rings. The summed E-state index contributed by atoms with van der Waals surface area (Å²) in [5.74, 6) is 0.395. The molecule has 5 nitrogen and oxygen atoms in total. The summed E-state index contributed by atoms with van der Waals surface area (Å²) in [4.78, 5) is 19.1. The number of benzene rings is 3. The van der Waals surface area contributed by atoms with Crippen LogP contribution in [0, 0.1) is 0 Å². The number of ether oxygens (including phenoxy) is 1. The summed E-state index contributed by atoms with van der Waals surface area (Å²) in [6, 6.07) is 24.5. The third-order valence-electron chi connectivity index (χ3n) is 5.50.